The van der Waals surface area contributed by atoms with Gasteiger partial charge in [0.2, 0.25) is 0 Å². The zero-order chi connectivity index (χ0) is 16.1. The first-order valence-electron chi connectivity index (χ1n) is 6.94. The van der Waals surface area contributed by atoms with Crippen LogP contribution >= 0.6 is 12.2 Å². The molecule has 1 heterocycles. The van der Waals surface area contributed by atoms with Crippen LogP contribution in [0.5, 0.6) is 0 Å². The Labute approximate surface area is 134 Å². The fraction of sp³-hybridized carbons (Fsp3) is 0.333. The first-order chi connectivity index (χ1) is 10.6. The number of nitriles is 1. The van der Waals surface area contributed by atoms with E-state index in [1.54, 1.807) is 19.2 Å². The second-order valence-corrected chi connectivity index (χ2v) is 5.31. The number of hydrogen-bond acceptors (Lipinski definition) is 5. The molecule has 3 N–H and O–H groups in total. The summed E-state index contributed by atoms with van der Waals surface area (Å²) in [5.74, 6) is 0.161. The van der Waals surface area contributed by atoms with Crippen molar-refractivity contribution in [3.8, 4) is 6.07 Å². The van der Waals surface area contributed by atoms with Crippen molar-refractivity contribution in [2.75, 3.05) is 38.1 Å². The van der Waals surface area contributed by atoms with Crippen molar-refractivity contribution < 1.29 is 4.39 Å². The number of nitrogens with zero attached hydrogens (tertiary/aromatic N) is 3. The van der Waals surface area contributed by atoms with Gasteiger partial charge in [-0.05, 0) is 24.3 Å². The van der Waals surface area contributed by atoms with Crippen molar-refractivity contribution in [3.05, 3.63) is 41.5 Å². The molecule has 1 aromatic rings. The molecule has 22 heavy (non-hydrogen) atoms. The van der Waals surface area contributed by atoms with Crippen LogP contribution in [0.4, 0.5) is 10.1 Å². The van der Waals surface area contributed by atoms with Crippen LogP contribution < -0.4 is 16.0 Å². The largest absolute Gasteiger partial charge is 0.384 e. The third-order valence-corrected chi connectivity index (χ3v) is 4.04. The first-order valence-corrected chi connectivity index (χ1v) is 7.35. The summed E-state index contributed by atoms with van der Waals surface area (Å²) in [7, 11) is 1.67. The van der Waals surface area contributed by atoms with Crippen molar-refractivity contribution in [2.24, 2.45) is 5.73 Å². The van der Waals surface area contributed by atoms with Gasteiger partial charge in [-0.3, -0.25) is 0 Å². The minimum atomic E-state index is -0.242. The normalized spacial score (nSPS) is 15.9. The van der Waals surface area contributed by atoms with Crippen molar-refractivity contribution >= 4 is 22.9 Å². The summed E-state index contributed by atoms with van der Waals surface area (Å²) in [6.45, 7) is 2.86. The van der Waals surface area contributed by atoms with Crippen LogP contribution in [0.15, 0.2) is 35.7 Å². The quantitative estimate of drug-likeness (QED) is 0.495. The Morgan fingerprint density at radius 3 is 2.36 bits per heavy atom. The number of likely N-dealkylation sites (N-methyl/N-ethyl adjacent to an activating group) is 1. The summed E-state index contributed by atoms with van der Waals surface area (Å²) >= 11 is 5.09. The Morgan fingerprint density at radius 1 is 1.27 bits per heavy atom. The van der Waals surface area contributed by atoms with Crippen LogP contribution in [0.1, 0.15) is 0 Å². The molecule has 0 atom stereocenters. The van der Waals surface area contributed by atoms with Crippen molar-refractivity contribution in [1.29, 1.82) is 5.26 Å². The molecule has 2 rings (SSSR count). The van der Waals surface area contributed by atoms with E-state index < -0.39 is 0 Å². The molecule has 0 radical (unpaired) electrons. The highest BCUT2D eigenvalue weighted by molar-refractivity contribution is 7.80. The molecule has 1 saturated heterocycles. The van der Waals surface area contributed by atoms with Gasteiger partial charge in [0.05, 0.1) is 0 Å². The highest BCUT2D eigenvalue weighted by Crippen LogP contribution is 2.18. The maximum absolute atomic E-state index is 13.0. The molecule has 116 valence electrons. The first kappa shape index (κ1) is 16.0. The van der Waals surface area contributed by atoms with Crippen LogP contribution in [0.3, 0.4) is 0 Å². The topological polar surface area (TPSA) is 68.3 Å². The van der Waals surface area contributed by atoms with Crippen LogP contribution in [0.2, 0.25) is 0 Å². The maximum Gasteiger partial charge on any atom is 0.126 e. The van der Waals surface area contributed by atoms with Crippen molar-refractivity contribution in [3.63, 3.8) is 0 Å². The molecule has 0 spiro atoms. The van der Waals surface area contributed by atoms with E-state index in [4.69, 9.17) is 18.0 Å². The number of anilines is 1. The van der Waals surface area contributed by atoms with Gasteiger partial charge in [-0.15, -0.1) is 0 Å². The lowest BCUT2D eigenvalue weighted by atomic mass is 10.2. The third-order valence-electron chi connectivity index (χ3n) is 3.63. The predicted octanol–water partition coefficient (Wildman–Crippen LogP) is 1.19. The molecule has 0 saturated carbocycles. The van der Waals surface area contributed by atoms with Crippen LogP contribution in [-0.4, -0.2) is 43.1 Å². The summed E-state index contributed by atoms with van der Waals surface area (Å²) in [6, 6.07) is 8.49. The lowest BCUT2D eigenvalue weighted by Gasteiger charge is -2.37. The molecule has 5 nitrogen and oxygen atoms in total. The molecular formula is C15H18FN5S. The van der Waals surface area contributed by atoms with Gasteiger partial charge in [-0.2, -0.15) is 5.26 Å². The average Bonchev–Trinajstić information content (AvgIpc) is 2.56. The van der Waals surface area contributed by atoms with E-state index in [1.165, 1.54) is 12.1 Å². The van der Waals surface area contributed by atoms with Gasteiger partial charge >= 0.3 is 0 Å². The highest BCUT2D eigenvalue weighted by atomic mass is 32.1. The Bertz CT molecular complexity index is 612. The van der Waals surface area contributed by atoms with E-state index in [0.717, 1.165) is 18.8 Å². The monoisotopic (exact) mass is 319 g/mol. The Balaban J connectivity index is 2.05. The molecule has 0 bridgehead atoms. The molecule has 0 aromatic heterocycles. The lowest BCUT2D eigenvalue weighted by molar-refractivity contribution is 0.317. The van der Waals surface area contributed by atoms with Gasteiger partial charge < -0.3 is 20.9 Å². The second kappa shape index (κ2) is 7.09. The fourth-order valence-electron chi connectivity index (χ4n) is 2.36. The molecule has 1 fully saturated rings. The van der Waals surface area contributed by atoms with Crippen molar-refractivity contribution in [1.82, 2.24) is 10.2 Å². The Hall–Kier alpha value is -2.33. The summed E-state index contributed by atoms with van der Waals surface area (Å²) in [4.78, 5) is 4.45. The third kappa shape index (κ3) is 3.46. The Kier molecular flexibility index (Phi) is 5.17. The molecule has 7 heteroatoms. The van der Waals surface area contributed by atoms with Gasteiger partial charge in [0, 0.05) is 38.9 Å². The van der Waals surface area contributed by atoms with Crippen LogP contribution in [0.25, 0.3) is 0 Å². The van der Waals surface area contributed by atoms with E-state index in [1.807, 2.05) is 4.90 Å². The van der Waals surface area contributed by atoms with Crippen LogP contribution in [-0.2, 0) is 0 Å². The lowest BCUT2D eigenvalue weighted by Crippen LogP contribution is -2.48. The zero-order valence-corrected chi connectivity index (χ0v) is 13.2. The zero-order valence-electron chi connectivity index (χ0n) is 12.3. The van der Waals surface area contributed by atoms with Gasteiger partial charge in [-0.25, -0.2) is 4.39 Å². The number of piperazine rings is 1. The number of nitrogens with one attached hydrogen (secondary N) is 1. The number of rotatable bonds is 3. The molecule has 0 amide bonds. The SMILES string of the molecule is CNC(=S)/C(C#N)=C(\N)N1CCN(c2ccc(F)cc2)CC1. The maximum atomic E-state index is 13.0. The van der Waals surface area contributed by atoms with E-state index in [2.05, 4.69) is 16.3 Å². The minimum absolute atomic E-state index is 0.242. The highest BCUT2D eigenvalue weighted by Gasteiger charge is 2.21. The van der Waals surface area contributed by atoms with Gasteiger partial charge in [0.15, 0.2) is 0 Å². The van der Waals surface area contributed by atoms with Crippen LogP contribution in [0, 0.1) is 17.1 Å². The second-order valence-electron chi connectivity index (χ2n) is 4.90. The summed E-state index contributed by atoms with van der Waals surface area (Å²) in [5.41, 5.74) is 7.35. The number of thiocarbonyl (C=S) groups is 1. The predicted molar refractivity (Wildman–Crippen MR) is 88.7 cm³/mol. The minimum Gasteiger partial charge on any atom is -0.384 e. The number of halogens is 1. The van der Waals surface area contributed by atoms with E-state index in [9.17, 15) is 9.65 Å². The Morgan fingerprint density at radius 2 is 1.86 bits per heavy atom. The van der Waals surface area contributed by atoms with Crippen molar-refractivity contribution in [2.45, 2.75) is 0 Å². The number of hydrogen-bond donors (Lipinski definition) is 2. The summed E-state index contributed by atoms with van der Waals surface area (Å²) < 4.78 is 13.0. The fourth-order valence-corrected chi connectivity index (χ4v) is 2.52. The van der Waals surface area contributed by atoms with E-state index >= 15 is 0 Å². The summed E-state index contributed by atoms with van der Waals surface area (Å²) in [5, 5.41) is 12.0. The molecule has 1 aliphatic rings. The molecule has 0 unspecified atom stereocenters. The molecule has 0 aliphatic carbocycles. The van der Waals surface area contributed by atoms with E-state index in [-0.39, 0.29) is 5.82 Å². The number of nitrogens with two attached hydrogens (primary N) is 1. The van der Waals surface area contributed by atoms with Gasteiger partial charge in [0.25, 0.3) is 0 Å². The number of benzene rings is 1. The average molecular weight is 319 g/mol. The molecule has 1 aliphatic heterocycles. The molecular weight excluding hydrogens is 301 g/mol. The van der Waals surface area contributed by atoms with E-state index in [0.29, 0.717) is 29.5 Å². The molecule has 1 aromatic carbocycles. The standard InChI is InChI=1S/C15H18FN5S/c1-19-15(22)13(10-17)14(18)21-8-6-20(7-9-21)12-4-2-11(16)3-5-12/h2-5H,6-9,18H2,1H3,(H,19,22)/b14-13+. The summed E-state index contributed by atoms with van der Waals surface area (Å²) in [6.07, 6.45) is 0. The van der Waals surface area contributed by atoms with Gasteiger partial charge in [0.1, 0.15) is 28.3 Å². The smallest absolute Gasteiger partial charge is 0.126 e. The van der Waals surface area contributed by atoms with Gasteiger partial charge in [-0.1, -0.05) is 12.2 Å².